The van der Waals surface area contributed by atoms with Gasteiger partial charge in [0.1, 0.15) is 0 Å². The van der Waals surface area contributed by atoms with Crippen LogP contribution >= 0.6 is 0 Å². The first kappa shape index (κ1) is 12.6. The van der Waals surface area contributed by atoms with Crippen LogP contribution in [0.2, 0.25) is 0 Å². The third-order valence-electron chi connectivity index (χ3n) is 1.66. The van der Waals surface area contributed by atoms with Gasteiger partial charge < -0.3 is 10.2 Å². The topological polar surface area (TPSA) is 73.2 Å². The van der Waals surface area contributed by atoms with Crippen molar-refractivity contribution in [2.45, 2.75) is 6.92 Å². The highest BCUT2D eigenvalue weighted by molar-refractivity contribution is 6.02. The standard InChI is InChI=1S/C9H15N3O2/c1-7(13)8(6-10)9(14)11-4-5-12(2)3/h8H,4-5H2,1-3H3,(H,11,14). The van der Waals surface area contributed by atoms with E-state index < -0.39 is 17.6 Å². The molecule has 0 aromatic rings. The predicted molar refractivity (Wildman–Crippen MR) is 51.3 cm³/mol. The van der Waals surface area contributed by atoms with Gasteiger partial charge in [-0.25, -0.2) is 0 Å². The van der Waals surface area contributed by atoms with E-state index >= 15 is 0 Å². The number of nitrogens with zero attached hydrogens (tertiary/aromatic N) is 2. The Balaban J connectivity index is 3.96. The molecule has 0 aliphatic carbocycles. The lowest BCUT2D eigenvalue weighted by molar-refractivity contribution is -0.130. The van der Waals surface area contributed by atoms with E-state index in [0.717, 1.165) is 0 Å². The van der Waals surface area contributed by atoms with Crippen molar-refractivity contribution in [3.05, 3.63) is 0 Å². The van der Waals surface area contributed by atoms with Crippen LogP contribution < -0.4 is 5.32 Å². The number of hydrogen-bond donors (Lipinski definition) is 1. The fourth-order valence-electron chi connectivity index (χ4n) is 0.839. The van der Waals surface area contributed by atoms with E-state index in [1.807, 2.05) is 19.0 Å². The van der Waals surface area contributed by atoms with Crippen LogP contribution in [-0.2, 0) is 9.59 Å². The average molecular weight is 197 g/mol. The van der Waals surface area contributed by atoms with E-state index in [1.54, 1.807) is 6.07 Å². The molecule has 0 spiro atoms. The summed E-state index contributed by atoms with van der Waals surface area (Å²) in [6, 6.07) is 1.66. The smallest absolute Gasteiger partial charge is 0.245 e. The predicted octanol–water partition coefficient (Wildman–Crippen LogP) is -0.607. The quantitative estimate of drug-likeness (QED) is 0.597. The highest BCUT2D eigenvalue weighted by Crippen LogP contribution is 1.95. The average Bonchev–Trinajstić information content (AvgIpc) is 2.03. The number of nitrogens with one attached hydrogen (secondary N) is 1. The molecule has 0 saturated heterocycles. The van der Waals surface area contributed by atoms with Crippen molar-refractivity contribution in [1.82, 2.24) is 10.2 Å². The zero-order chi connectivity index (χ0) is 11.1. The van der Waals surface area contributed by atoms with E-state index in [4.69, 9.17) is 5.26 Å². The van der Waals surface area contributed by atoms with Crippen molar-refractivity contribution in [3.63, 3.8) is 0 Å². The highest BCUT2D eigenvalue weighted by atomic mass is 16.2. The van der Waals surface area contributed by atoms with Gasteiger partial charge in [-0.05, 0) is 21.0 Å². The fourth-order valence-corrected chi connectivity index (χ4v) is 0.839. The lowest BCUT2D eigenvalue weighted by Gasteiger charge is -2.11. The Bertz CT molecular complexity index is 255. The Kier molecular flexibility index (Phi) is 5.49. The second kappa shape index (κ2) is 6.11. The van der Waals surface area contributed by atoms with E-state index in [9.17, 15) is 9.59 Å². The van der Waals surface area contributed by atoms with Crippen molar-refractivity contribution in [2.24, 2.45) is 5.92 Å². The molecule has 1 unspecified atom stereocenters. The van der Waals surface area contributed by atoms with Gasteiger partial charge in [-0.3, -0.25) is 9.59 Å². The Morgan fingerprint density at radius 1 is 1.50 bits per heavy atom. The van der Waals surface area contributed by atoms with Crippen molar-refractivity contribution in [2.75, 3.05) is 27.2 Å². The summed E-state index contributed by atoms with van der Waals surface area (Å²) in [6.45, 7) is 2.36. The number of carbonyl (C=O) groups excluding carboxylic acids is 2. The molecule has 0 saturated carbocycles. The number of ketones is 1. The number of carbonyl (C=O) groups is 2. The second-order valence-electron chi connectivity index (χ2n) is 3.27. The summed E-state index contributed by atoms with van der Waals surface area (Å²) < 4.78 is 0. The molecule has 0 rings (SSSR count). The van der Waals surface area contributed by atoms with Crippen LogP contribution in [-0.4, -0.2) is 43.8 Å². The molecule has 5 heteroatoms. The summed E-state index contributed by atoms with van der Waals surface area (Å²) in [5.74, 6) is -2.10. The monoisotopic (exact) mass is 197 g/mol. The number of likely N-dealkylation sites (N-methyl/N-ethyl adjacent to an activating group) is 1. The third-order valence-corrected chi connectivity index (χ3v) is 1.66. The fraction of sp³-hybridized carbons (Fsp3) is 0.667. The minimum atomic E-state index is -1.17. The van der Waals surface area contributed by atoms with Gasteiger partial charge >= 0.3 is 0 Å². The van der Waals surface area contributed by atoms with Crippen LogP contribution in [0.4, 0.5) is 0 Å². The molecule has 1 atom stereocenters. The highest BCUT2D eigenvalue weighted by Gasteiger charge is 2.21. The summed E-state index contributed by atoms with van der Waals surface area (Å²) in [5, 5.41) is 11.1. The van der Waals surface area contributed by atoms with Crippen molar-refractivity contribution >= 4 is 11.7 Å². The Labute approximate surface area is 83.7 Å². The van der Waals surface area contributed by atoms with Gasteiger partial charge in [-0.2, -0.15) is 5.26 Å². The molecule has 78 valence electrons. The molecule has 0 aliphatic heterocycles. The Morgan fingerprint density at radius 3 is 2.43 bits per heavy atom. The number of amides is 1. The molecular formula is C9H15N3O2. The molecule has 0 bridgehead atoms. The maximum atomic E-state index is 11.2. The van der Waals surface area contributed by atoms with Gasteiger partial charge in [0.2, 0.25) is 5.91 Å². The second-order valence-corrected chi connectivity index (χ2v) is 3.27. The van der Waals surface area contributed by atoms with E-state index in [2.05, 4.69) is 5.32 Å². The lowest BCUT2D eigenvalue weighted by atomic mass is 10.1. The Morgan fingerprint density at radius 2 is 2.07 bits per heavy atom. The molecule has 0 aliphatic rings. The van der Waals surface area contributed by atoms with E-state index in [-0.39, 0.29) is 0 Å². The number of nitriles is 1. The van der Waals surface area contributed by atoms with Crippen LogP contribution in [0, 0.1) is 17.2 Å². The van der Waals surface area contributed by atoms with E-state index in [0.29, 0.717) is 13.1 Å². The first-order chi connectivity index (χ1) is 6.49. The van der Waals surface area contributed by atoms with Gasteiger partial charge in [0, 0.05) is 13.1 Å². The molecule has 0 heterocycles. The van der Waals surface area contributed by atoms with Gasteiger partial charge in [0.25, 0.3) is 0 Å². The largest absolute Gasteiger partial charge is 0.353 e. The summed E-state index contributed by atoms with van der Waals surface area (Å²) in [5.41, 5.74) is 0. The Hall–Kier alpha value is -1.41. The van der Waals surface area contributed by atoms with Gasteiger partial charge in [-0.1, -0.05) is 0 Å². The zero-order valence-electron chi connectivity index (χ0n) is 8.70. The third kappa shape index (κ3) is 4.58. The molecular weight excluding hydrogens is 182 g/mol. The minimum absolute atomic E-state index is 0.421. The summed E-state index contributed by atoms with van der Waals surface area (Å²) in [6.07, 6.45) is 0. The summed E-state index contributed by atoms with van der Waals surface area (Å²) in [7, 11) is 3.75. The summed E-state index contributed by atoms with van der Waals surface area (Å²) in [4.78, 5) is 23.9. The molecule has 0 aromatic carbocycles. The van der Waals surface area contributed by atoms with Crippen molar-refractivity contribution in [3.8, 4) is 6.07 Å². The van der Waals surface area contributed by atoms with Crippen molar-refractivity contribution in [1.29, 1.82) is 5.26 Å². The first-order valence-electron chi connectivity index (χ1n) is 4.31. The van der Waals surface area contributed by atoms with Crippen LogP contribution in [0.15, 0.2) is 0 Å². The molecule has 14 heavy (non-hydrogen) atoms. The van der Waals surface area contributed by atoms with E-state index in [1.165, 1.54) is 6.92 Å². The van der Waals surface area contributed by atoms with Crippen LogP contribution in [0.1, 0.15) is 6.92 Å². The molecule has 1 N–H and O–H groups in total. The van der Waals surface area contributed by atoms with Crippen LogP contribution in [0.25, 0.3) is 0 Å². The number of Topliss-reactive ketones (excluding diaryl/α,β-unsaturated/α-hetero) is 1. The van der Waals surface area contributed by atoms with Gasteiger partial charge in [0.05, 0.1) is 6.07 Å². The van der Waals surface area contributed by atoms with Crippen LogP contribution in [0.3, 0.4) is 0 Å². The molecule has 0 radical (unpaired) electrons. The molecule has 0 fully saturated rings. The maximum absolute atomic E-state index is 11.2. The molecule has 1 amide bonds. The number of hydrogen-bond acceptors (Lipinski definition) is 4. The van der Waals surface area contributed by atoms with Gasteiger partial charge in [0.15, 0.2) is 11.7 Å². The number of rotatable bonds is 5. The zero-order valence-corrected chi connectivity index (χ0v) is 8.70. The summed E-state index contributed by atoms with van der Waals surface area (Å²) >= 11 is 0. The van der Waals surface area contributed by atoms with Crippen LogP contribution in [0.5, 0.6) is 0 Å². The normalized spacial score (nSPS) is 11.9. The molecule has 5 nitrogen and oxygen atoms in total. The maximum Gasteiger partial charge on any atom is 0.245 e. The lowest BCUT2D eigenvalue weighted by Crippen LogP contribution is -2.37. The minimum Gasteiger partial charge on any atom is -0.353 e. The molecule has 0 aromatic heterocycles. The SMILES string of the molecule is CC(=O)C(C#N)C(=O)NCCN(C)C. The van der Waals surface area contributed by atoms with Crippen molar-refractivity contribution < 1.29 is 9.59 Å². The first-order valence-corrected chi connectivity index (χ1v) is 4.31. The van der Waals surface area contributed by atoms with Gasteiger partial charge in [-0.15, -0.1) is 0 Å².